The van der Waals surface area contributed by atoms with E-state index in [1.807, 2.05) is 67.6 Å². The Labute approximate surface area is 162 Å². The number of hydrogen-bond acceptors (Lipinski definition) is 4. The summed E-state index contributed by atoms with van der Waals surface area (Å²) in [6.45, 7) is 2.53. The van der Waals surface area contributed by atoms with E-state index in [0.717, 1.165) is 27.4 Å². The smallest absolute Gasteiger partial charge is 0.230 e. The maximum absolute atomic E-state index is 12.0. The molecule has 0 saturated carbocycles. The van der Waals surface area contributed by atoms with Gasteiger partial charge in [-0.3, -0.25) is 4.79 Å². The van der Waals surface area contributed by atoms with Crippen molar-refractivity contribution in [3.8, 4) is 11.3 Å². The summed E-state index contributed by atoms with van der Waals surface area (Å²) in [7, 11) is 0. The Hall–Kier alpha value is -2.37. The van der Waals surface area contributed by atoms with Crippen molar-refractivity contribution in [2.24, 2.45) is 0 Å². The van der Waals surface area contributed by atoms with Crippen molar-refractivity contribution in [1.29, 1.82) is 0 Å². The van der Waals surface area contributed by atoms with E-state index in [9.17, 15) is 4.79 Å². The molecule has 26 heavy (non-hydrogen) atoms. The number of benzene rings is 2. The number of aromatic nitrogens is 2. The van der Waals surface area contributed by atoms with Crippen LogP contribution in [0.25, 0.3) is 11.3 Å². The van der Waals surface area contributed by atoms with Gasteiger partial charge in [0.1, 0.15) is 5.03 Å². The molecule has 0 radical (unpaired) electrons. The van der Waals surface area contributed by atoms with E-state index in [0.29, 0.717) is 17.3 Å². The van der Waals surface area contributed by atoms with Crippen molar-refractivity contribution in [3.05, 3.63) is 76.8 Å². The lowest BCUT2D eigenvalue weighted by atomic mass is 10.1. The Balaban J connectivity index is 1.50. The molecule has 3 aromatic rings. The molecule has 6 heteroatoms. The minimum atomic E-state index is -0.0465. The van der Waals surface area contributed by atoms with Crippen LogP contribution in [0.5, 0.6) is 0 Å². The van der Waals surface area contributed by atoms with Crippen molar-refractivity contribution >= 4 is 29.3 Å². The summed E-state index contributed by atoms with van der Waals surface area (Å²) in [6.07, 6.45) is 0. The third-order valence-electron chi connectivity index (χ3n) is 3.82. The molecule has 0 bridgehead atoms. The number of carbonyl (C=O) groups excluding carboxylic acids is 1. The standard InChI is InChI=1S/C20H18ClN3OS/c1-14-4-2-3-5-17(14)18-10-11-20(24-23-18)26-13-19(25)22-12-15-6-8-16(21)9-7-15/h2-11H,12-13H2,1H3,(H,22,25). The van der Waals surface area contributed by atoms with Gasteiger partial charge in [-0.15, -0.1) is 10.2 Å². The van der Waals surface area contributed by atoms with Crippen molar-refractivity contribution < 1.29 is 4.79 Å². The van der Waals surface area contributed by atoms with Crippen LogP contribution in [0.4, 0.5) is 0 Å². The Morgan fingerprint density at radius 3 is 2.50 bits per heavy atom. The second-order valence-corrected chi connectivity index (χ2v) is 7.20. The minimum absolute atomic E-state index is 0.0465. The number of amides is 1. The second kappa shape index (κ2) is 8.83. The molecule has 3 rings (SSSR count). The minimum Gasteiger partial charge on any atom is -0.351 e. The molecule has 0 aliphatic heterocycles. The molecule has 4 nitrogen and oxygen atoms in total. The van der Waals surface area contributed by atoms with E-state index in [-0.39, 0.29) is 5.91 Å². The SMILES string of the molecule is Cc1ccccc1-c1ccc(SCC(=O)NCc2ccc(Cl)cc2)nn1. The summed E-state index contributed by atoms with van der Waals surface area (Å²) in [5.41, 5.74) is 4.07. The lowest BCUT2D eigenvalue weighted by Crippen LogP contribution is -2.24. The van der Waals surface area contributed by atoms with E-state index in [4.69, 9.17) is 11.6 Å². The van der Waals surface area contributed by atoms with Crippen LogP contribution in [-0.2, 0) is 11.3 Å². The Kier molecular flexibility index (Phi) is 6.26. The molecular weight excluding hydrogens is 366 g/mol. The quantitative estimate of drug-likeness (QED) is 0.636. The molecule has 0 saturated heterocycles. The van der Waals surface area contributed by atoms with Gasteiger partial charge in [0.25, 0.3) is 0 Å². The van der Waals surface area contributed by atoms with Crippen molar-refractivity contribution in [1.82, 2.24) is 15.5 Å². The maximum Gasteiger partial charge on any atom is 0.230 e. The van der Waals surface area contributed by atoms with Gasteiger partial charge in [0.05, 0.1) is 11.4 Å². The molecule has 0 unspecified atom stereocenters. The number of nitrogens with zero attached hydrogens (tertiary/aromatic N) is 2. The van der Waals surface area contributed by atoms with Gasteiger partial charge in [-0.25, -0.2) is 0 Å². The molecule has 1 amide bonds. The number of rotatable bonds is 6. The summed E-state index contributed by atoms with van der Waals surface area (Å²) in [4.78, 5) is 12.0. The predicted octanol–water partition coefficient (Wildman–Crippen LogP) is 4.51. The Morgan fingerprint density at radius 1 is 1.04 bits per heavy atom. The number of thioether (sulfide) groups is 1. The highest BCUT2D eigenvalue weighted by molar-refractivity contribution is 7.99. The topological polar surface area (TPSA) is 54.9 Å². The van der Waals surface area contributed by atoms with Crippen molar-refractivity contribution in [2.45, 2.75) is 18.5 Å². The molecule has 0 atom stereocenters. The first-order chi connectivity index (χ1) is 12.6. The summed E-state index contributed by atoms with van der Waals surface area (Å²) >= 11 is 7.21. The predicted molar refractivity (Wildman–Crippen MR) is 106 cm³/mol. The van der Waals surface area contributed by atoms with Crippen LogP contribution in [-0.4, -0.2) is 21.9 Å². The maximum atomic E-state index is 12.0. The van der Waals surface area contributed by atoms with Crippen molar-refractivity contribution in [2.75, 3.05) is 5.75 Å². The van der Waals surface area contributed by atoms with Gasteiger partial charge in [-0.1, -0.05) is 59.8 Å². The zero-order valence-corrected chi connectivity index (χ0v) is 15.8. The molecule has 2 aromatic carbocycles. The summed E-state index contributed by atoms with van der Waals surface area (Å²) in [6, 6.07) is 19.3. The van der Waals surface area contributed by atoms with Gasteiger partial charge >= 0.3 is 0 Å². The zero-order valence-electron chi connectivity index (χ0n) is 14.3. The lowest BCUT2D eigenvalue weighted by molar-refractivity contribution is -0.118. The van der Waals surface area contributed by atoms with Gasteiger partial charge in [-0.2, -0.15) is 0 Å². The molecule has 0 spiro atoms. The lowest BCUT2D eigenvalue weighted by Gasteiger charge is -2.06. The number of nitrogens with one attached hydrogen (secondary N) is 1. The monoisotopic (exact) mass is 383 g/mol. The second-order valence-electron chi connectivity index (χ2n) is 5.76. The third kappa shape index (κ3) is 5.07. The highest BCUT2D eigenvalue weighted by Gasteiger charge is 2.07. The van der Waals surface area contributed by atoms with Crippen LogP contribution in [0, 0.1) is 6.92 Å². The van der Waals surface area contributed by atoms with E-state index in [2.05, 4.69) is 15.5 Å². The summed E-state index contributed by atoms with van der Waals surface area (Å²) in [5.74, 6) is 0.251. The van der Waals surface area contributed by atoms with Crippen LogP contribution in [0.2, 0.25) is 5.02 Å². The number of aryl methyl sites for hydroxylation is 1. The number of hydrogen-bond donors (Lipinski definition) is 1. The molecule has 1 heterocycles. The molecule has 1 aromatic heterocycles. The normalized spacial score (nSPS) is 10.5. The van der Waals surface area contributed by atoms with E-state index >= 15 is 0 Å². The largest absolute Gasteiger partial charge is 0.351 e. The number of halogens is 1. The summed E-state index contributed by atoms with van der Waals surface area (Å²) < 4.78 is 0. The van der Waals surface area contributed by atoms with Crippen LogP contribution in [0.15, 0.2) is 65.7 Å². The fraction of sp³-hybridized carbons (Fsp3) is 0.150. The van der Waals surface area contributed by atoms with Crippen LogP contribution in [0.3, 0.4) is 0 Å². The average molecular weight is 384 g/mol. The molecule has 1 N–H and O–H groups in total. The highest BCUT2D eigenvalue weighted by atomic mass is 35.5. The Bertz CT molecular complexity index is 882. The first-order valence-electron chi connectivity index (χ1n) is 8.15. The fourth-order valence-electron chi connectivity index (χ4n) is 2.39. The zero-order chi connectivity index (χ0) is 18.4. The summed E-state index contributed by atoms with van der Waals surface area (Å²) in [5, 5.41) is 12.8. The average Bonchev–Trinajstić information content (AvgIpc) is 2.67. The van der Waals surface area contributed by atoms with Gasteiger partial charge in [0, 0.05) is 17.1 Å². The highest BCUT2D eigenvalue weighted by Crippen LogP contribution is 2.22. The van der Waals surface area contributed by atoms with Gasteiger partial charge in [-0.05, 0) is 42.3 Å². The van der Waals surface area contributed by atoms with Gasteiger partial charge in [0.15, 0.2) is 0 Å². The fourth-order valence-corrected chi connectivity index (χ4v) is 3.16. The van der Waals surface area contributed by atoms with E-state index < -0.39 is 0 Å². The van der Waals surface area contributed by atoms with Crippen molar-refractivity contribution in [3.63, 3.8) is 0 Å². The Morgan fingerprint density at radius 2 is 1.81 bits per heavy atom. The van der Waals surface area contributed by atoms with E-state index in [1.165, 1.54) is 11.8 Å². The molecule has 132 valence electrons. The number of carbonyl (C=O) groups is 1. The third-order valence-corrected chi connectivity index (χ3v) is 4.99. The molecule has 0 aliphatic rings. The van der Waals surface area contributed by atoms with Crippen LogP contribution >= 0.6 is 23.4 Å². The van der Waals surface area contributed by atoms with Crippen LogP contribution < -0.4 is 5.32 Å². The molecule has 0 fully saturated rings. The van der Waals surface area contributed by atoms with Crippen LogP contribution in [0.1, 0.15) is 11.1 Å². The van der Waals surface area contributed by atoms with Gasteiger partial charge in [0.2, 0.25) is 5.91 Å². The first-order valence-corrected chi connectivity index (χ1v) is 9.52. The molecule has 0 aliphatic carbocycles. The first kappa shape index (κ1) is 18.4. The van der Waals surface area contributed by atoms with Gasteiger partial charge < -0.3 is 5.32 Å². The van der Waals surface area contributed by atoms with E-state index in [1.54, 1.807) is 0 Å². The molecular formula is C20H18ClN3OS.